The van der Waals surface area contributed by atoms with Gasteiger partial charge in [0.15, 0.2) is 0 Å². The zero-order valence-electron chi connectivity index (χ0n) is 7.61. The van der Waals surface area contributed by atoms with E-state index in [1.54, 1.807) is 0 Å². The van der Waals surface area contributed by atoms with E-state index in [0.29, 0.717) is 4.64 Å². The molecule has 0 atom stereocenters. The molecular formula is C9H7N2NaS. The molecular weight excluding hydrogens is 191 g/mol. The molecule has 1 aromatic carbocycles. The van der Waals surface area contributed by atoms with Crippen LogP contribution in [0.25, 0.3) is 11.0 Å². The second-order valence-electron chi connectivity index (χ2n) is 2.60. The van der Waals surface area contributed by atoms with Crippen LogP contribution in [0.4, 0.5) is 0 Å². The fourth-order valence-electron chi connectivity index (χ4n) is 1.07. The van der Waals surface area contributed by atoms with Crippen LogP contribution in [0.1, 0.15) is 5.69 Å². The van der Waals surface area contributed by atoms with Crippen LogP contribution in [0.3, 0.4) is 0 Å². The molecule has 0 spiro atoms. The third kappa shape index (κ3) is 2.17. The number of hydrogen-bond donors (Lipinski definition) is 0. The van der Waals surface area contributed by atoms with Crippen molar-refractivity contribution in [2.24, 2.45) is 0 Å². The van der Waals surface area contributed by atoms with Gasteiger partial charge in [-0.15, -0.1) is 17.7 Å². The van der Waals surface area contributed by atoms with Gasteiger partial charge in [-0.3, -0.25) is 4.98 Å². The number of rotatable bonds is 0. The van der Waals surface area contributed by atoms with Crippen molar-refractivity contribution in [2.75, 3.05) is 0 Å². The molecule has 0 unspecified atom stereocenters. The van der Waals surface area contributed by atoms with Crippen LogP contribution >= 0.6 is 12.2 Å². The van der Waals surface area contributed by atoms with Gasteiger partial charge in [-0.25, -0.2) is 0 Å². The molecule has 0 saturated carbocycles. The molecule has 0 aliphatic rings. The van der Waals surface area contributed by atoms with E-state index in [2.05, 4.69) is 9.97 Å². The van der Waals surface area contributed by atoms with Crippen LogP contribution in [0.5, 0.6) is 0 Å². The van der Waals surface area contributed by atoms with Crippen LogP contribution in [-0.4, -0.2) is 4.98 Å². The van der Waals surface area contributed by atoms with Crippen molar-refractivity contribution in [3.63, 3.8) is 0 Å². The summed E-state index contributed by atoms with van der Waals surface area (Å²) in [6, 6.07) is 7.72. The van der Waals surface area contributed by atoms with Crippen molar-refractivity contribution in [2.45, 2.75) is 6.92 Å². The molecule has 0 N–H and O–H groups in total. The van der Waals surface area contributed by atoms with Gasteiger partial charge < -0.3 is 4.98 Å². The van der Waals surface area contributed by atoms with E-state index in [9.17, 15) is 0 Å². The minimum Gasteiger partial charge on any atom is -0.645 e. The van der Waals surface area contributed by atoms with Gasteiger partial charge in [0.25, 0.3) is 0 Å². The fraction of sp³-hybridized carbons (Fsp3) is 0.111. The van der Waals surface area contributed by atoms with Gasteiger partial charge in [0.05, 0.1) is 0 Å². The predicted molar refractivity (Wildman–Crippen MR) is 50.6 cm³/mol. The first-order chi connectivity index (χ1) is 5.77. The number of para-hydroxylation sites is 2. The molecule has 2 rings (SSSR count). The quantitative estimate of drug-likeness (QED) is 0.411. The Hall–Kier alpha value is -0.220. The molecule has 2 nitrogen and oxygen atoms in total. The molecule has 0 saturated heterocycles. The Balaban J connectivity index is 0.000000845. The van der Waals surface area contributed by atoms with E-state index in [-0.39, 0.29) is 29.6 Å². The van der Waals surface area contributed by atoms with Crippen molar-refractivity contribution in [1.29, 1.82) is 0 Å². The second-order valence-corrected chi connectivity index (χ2v) is 2.99. The van der Waals surface area contributed by atoms with Crippen molar-refractivity contribution in [3.8, 4) is 0 Å². The molecule has 0 aliphatic heterocycles. The number of nitrogens with zero attached hydrogens (tertiary/aromatic N) is 2. The summed E-state index contributed by atoms with van der Waals surface area (Å²) in [5, 5.41) is 0. The molecule has 2 aromatic rings. The van der Waals surface area contributed by atoms with E-state index in [0.717, 1.165) is 16.7 Å². The molecule has 13 heavy (non-hydrogen) atoms. The minimum absolute atomic E-state index is 0. The molecule has 1 heterocycles. The van der Waals surface area contributed by atoms with Crippen molar-refractivity contribution in [3.05, 3.63) is 34.6 Å². The molecule has 0 amide bonds. The molecule has 0 fully saturated rings. The number of fused-ring (bicyclic) bond motifs is 1. The van der Waals surface area contributed by atoms with Gasteiger partial charge in [-0.05, 0) is 17.6 Å². The Morgan fingerprint density at radius 2 is 2.00 bits per heavy atom. The van der Waals surface area contributed by atoms with Crippen molar-refractivity contribution < 1.29 is 29.6 Å². The standard InChI is InChI=1S/C9H8N2S.Na/c1-6-9(12)11-8-5-3-2-4-7(8)10-6;/h2-5H,1H3,(H,11,12);/q;+1/p-1. The van der Waals surface area contributed by atoms with Gasteiger partial charge in [-0.2, -0.15) is 0 Å². The van der Waals surface area contributed by atoms with E-state index in [1.165, 1.54) is 0 Å². The first-order valence-corrected chi connectivity index (χ1v) is 4.08. The molecule has 60 valence electrons. The summed E-state index contributed by atoms with van der Waals surface area (Å²) in [6.45, 7) is 1.88. The first kappa shape index (κ1) is 10.9. The Bertz CT molecular complexity index is 478. The Kier molecular flexibility index (Phi) is 3.62. The zero-order chi connectivity index (χ0) is 8.55. The molecule has 0 aliphatic carbocycles. The van der Waals surface area contributed by atoms with Gasteiger partial charge in [-0.1, -0.05) is 18.2 Å². The average molecular weight is 198 g/mol. The van der Waals surface area contributed by atoms with Crippen LogP contribution in [-0.2, 0) is 0 Å². The van der Waals surface area contributed by atoms with Crippen LogP contribution in [0.2, 0.25) is 0 Å². The van der Waals surface area contributed by atoms with E-state index < -0.39 is 0 Å². The van der Waals surface area contributed by atoms with Crippen molar-refractivity contribution in [1.82, 2.24) is 9.97 Å². The largest absolute Gasteiger partial charge is 1.00 e. The molecule has 1 aromatic heterocycles. The predicted octanol–water partition coefficient (Wildman–Crippen LogP) is -0.766. The summed E-state index contributed by atoms with van der Waals surface area (Å²) in [6.07, 6.45) is 0. The van der Waals surface area contributed by atoms with Crippen LogP contribution in [0.15, 0.2) is 24.3 Å². The summed E-state index contributed by atoms with van der Waals surface area (Å²) < 4.78 is 0.591. The summed E-state index contributed by atoms with van der Waals surface area (Å²) in [7, 11) is 0. The monoisotopic (exact) mass is 198 g/mol. The number of aryl methyl sites for hydroxylation is 1. The van der Waals surface area contributed by atoms with Gasteiger partial charge in [0.2, 0.25) is 0 Å². The summed E-state index contributed by atoms with van der Waals surface area (Å²) >= 11 is 5.01. The van der Waals surface area contributed by atoms with Crippen molar-refractivity contribution >= 4 is 23.3 Å². The van der Waals surface area contributed by atoms with Crippen LogP contribution in [0, 0.1) is 11.6 Å². The Labute approximate surface area is 104 Å². The third-order valence-electron chi connectivity index (χ3n) is 1.70. The maximum absolute atomic E-state index is 5.01. The molecule has 0 radical (unpaired) electrons. The Morgan fingerprint density at radius 3 is 2.77 bits per heavy atom. The SMILES string of the molecule is Cc1nc2ccccc2[n-]c1=S.[Na+]. The topological polar surface area (TPSA) is 27.0 Å². The Morgan fingerprint density at radius 1 is 1.31 bits per heavy atom. The van der Waals surface area contributed by atoms with Gasteiger partial charge >= 0.3 is 29.6 Å². The van der Waals surface area contributed by atoms with E-state index in [4.69, 9.17) is 12.2 Å². The number of aromatic nitrogens is 2. The summed E-state index contributed by atoms with van der Waals surface area (Å²) in [5.41, 5.74) is 2.60. The van der Waals surface area contributed by atoms with Crippen LogP contribution < -0.4 is 34.5 Å². The zero-order valence-corrected chi connectivity index (χ0v) is 10.4. The number of hydrogen-bond acceptors (Lipinski definition) is 2. The molecule has 0 bridgehead atoms. The number of benzene rings is 1. The normalized spacial score (nSPS) is 9.62. The molecule has 4 heteroatoms. The summed E-state index contributed by atoms with van der Waals surface area (Å²) in [5.74, 6) is 0. The maximum atomic E-state index is 5.01. The smallest absolute Gasteiger partial charge is 0.645 e. The third-order valence-corrected chi connectivity index (χ3v) is 2.09. The van der Waals surface area contributed by atoms with E-state index >= 15 is 0 Å². The summed E-state index contributed by atoms with van der Waals surface area (Å²) in [4.78, 5) is 8.54. The second kappa shape index (κ2) is 4.33. The maximum Gasteiger partial charge on any atom is 1.00 e. The van der Waals surface area contributed by atoms with Gasteiger partial charge in [0, 0.05) is 11.2 Å². The average Bonchev–Trinajstić information content (AvgIpc) is 2.07. The van der Waals surface area contributed by atoms with E-state index in [1.807, 2.05) is 31.2 Å². The minimum atomic E-state index is 0. The first-order valence-electron chi connectivity index (χ1n) is 3.68. The van der Waals surface area contributed by atoms with Gasteiger partial charge in [0.1, 0.15) is 0 Å². The fourth-order valence-corrected chi connectivity index (χ4v) is 1.22.